The molecule has 0 aliphatic rings. The molecule has 0 saturated carbocycles. The first-order valence-corrected chi connectivity index (χ1v) is 12.2. The summed E-state index contributed by atoms with van der Waals surface area (Å²) >= 11 is 7.26. The Hall–Kier alpha value is -3.08. The maximum Gasteiger partial charge on any atom is 0.153 e. The molecule has 0 aliphatic carbocycles. The van der Waals surface area contributed by atoms with Gasteiger partial charge >= 0.3 is 0 Å². The van der Waals surface area contributed by atoms with Gasteiger partial charge in [-0.3, -0.25) is 0 Å². The fraction of sp³-hybridized carbons (Fsp3) is 0.115. The van der Waals surface area contributed by atoms with E-state index < -0.39 is 29.0 Å². The Morgan fingerprint density at radius 2 is 1.53 bits per heavy atom. The molecule has 0 aliphatic heterocycles. The summed E-state index contributed by atoms with van der Waals surface area (Å²) in [6.45, 7) is 1.96. The average Bonchev–Trinajstić information content (AvgIpc) is 3.33. The lowest BCUT2D eigenvalue weighted by Crippen LogP contribution is -1.93. The molecule has 34 heavy (non-hydrogen) atoms. The molecule has 0 radical (unpaired) electrons. The molecule has 4 aromatic rings. The monoisotopic (exact) mass is 513 g/mol. The molecule has 0 amide bonds. The molecule has 2 aromatic carbocycles. The number of thiocarbonyl (C=S) groups is 1. The van der Waals surface area contributed by atoms with Crippen molar-refractivity contribution in [3.63, 3.8) is 0 Å². The van der Waals surface area contributed by atoms with Crippen LogP contribution < -0.4 is 0 Å². The number of fused-ring (bicyclic) bond motifs is 1. The first-order valence-electron chi connectivity index (χ1n) is 10.2. The maximum atomic E-state index is 14.3. The summed E-state index contributed by atoms with van der Waals surface area (Å²) < 4.78 is 58.4. The molecular formula is C26H15F4NS3. The van der Waals surface area contributed by atoms with Gasteiger partial charge in [0.15, 0.2) is 11.6 Å². The predicted molar refractivity (Wildman–Crippen MR) is 136 cm³/mol. The Morgan fingerprint density at radius 3 is 2.15 bits per heavy atom. The molecule has 0 saturated heterocycles. The third kappa shape index (κ3) is 5.35. The van der Waals surface area contributed by atoms with E-state index >= 15 is 0 Å². The van der Waals surface area contributed by atoms with E-state index in [1.165, 1.54) is 40.9 Å². The zero-order valence-electron chi connectivity index (χ0n) is 17.7. The summed E-state index contributed by atoms with van der Waals surface area (Å²) in [5, 5.41) is 1.94. The van der Waals surface area contributed by atoms with Crippen molar-refractivity contribution >= 4 is 67.3 Å². The highest BCUT2D eigenvalue weighted by Gasteiger charge is 2.11. The predicted octanol–water partition coefficient (Wildman–Crippen LogP) is 8.78. The van der Waals surface area contributed by atoms with E-state index in [-0.39, 0.29) is 11.1 Å². The van der Waals surface area contributed by atoms with Crippen molar-refractivity contribution in [2.75, 3.05) is 0 Å². The highest BCUT2D eigenvalue weighted by Crippen LogP contribution is 2.34. The number of hydrogen-bond donors (Lipinski definition) is 0. The molecule has 0 spiro atoms. The highest BCUT2D eigenvalue weighted by atomic mass is 32.1. The molecule has 0 fully saturated rings. The quantitative estimate of drug-likeness (QED) is 0.112. The van der Waals surface area contributed by atoms with E-state index in [1.54, 1.807) is 6.08 Å². The normalized spacial score (nSPS) is 11.0. The van der Waals surface area contributed by atoms with Crippen molar-refractivity contribution in [2.45, 2.75) is 19.8 Å². The lowest BCUT2D eigenvalue weighted by molar-refractivity contribution is 0.574. The van der Waals surface area contributed by atoms with E-state index in [9.17, 15) is 17.6 Å². The summed E-state index contributed by atoms with van der Waals surface area (Å²) in [7, 11) is 0. The molecule has 170 valence electrons. The minimum atomic E-state index is -0.863. The van der Waals surface area contributed by atoms with Crippen LogP contribution in [0.1, 0.15) is 39.8 Å². The Morgan fingerprint density at radius 1 is 0.853 bits per heavy atom. The second-order valence-corrected chi connectivity index (χ2v) is 9.67. The highest BCUT2D eigenvalue weighted by molar-refractivity contribution is 7.78. The molecule has 4 rings (SSSR count). The molecule has 1 nitrogen and oxygen atoms in total. The Balaban J connectivity index is 1.54. The Kier molecular flexibility index (Phi) is 7.40. The standard InChI is InChI=1S/C26H15F4NS3/c1-2-3-15-8-20(27)19(21(28)9-15)7-6-18-13-25-24(34-18)12-17(33-25)5-4-16-10-22(29)26(31-14-32)23(30)11-16/h6-13H,2-3H2,1H3/b7-6+. The van der Waals surface area contributed by atoms with Gasteiger partial charge in [-0.05, 0) is 72.8 Å². The first kappa shape index (κ1) is 24.1. The fourth-order valence-corrected chi connectivity index (χ4v) is 5.57. The molecule has 0 atom stereocenters. The van der Waals surface area contributed by atoms with Gasteiger partial charge in [0.05, 0.1) is 10.0 Å². The van der Waals surface area contributed by atoms with E-state index in [2.05, 4.69) is 29.1 Å². The van der Waals surface area contributed by atoms with Crippen LogP contribution in [0.5, 0.6) is 0 Å². The number of aryl methyl sites for hydroxylation is 1. The second kappa shape index (κ2) is 10.5. The van der Waals surface area contributed by atoms with Crippen molar-refractivity contribution < 1.29 is 17.6 Å². The number of hydrogen-bond acceptors (Lipinski definition) is 4. The summed E-state index contributed by atoms with van der Waals surface area (Å²) in [6, 6.07) is 8.71. The Bertz CT molecular complexity index is 1450. The largest absolute Gasteiger partial charge is 0.206 e. The number of rotatable bonds is 5. The van der Waals surface area contributed by atoms with Crippen LogP contribution in [0.4, 0.5) is 23.2 Å². The van der Waals surface area contributed by atoms with Crippen LogP contribution in [-0.4, -0.2) is 5.16 Å². The zero-order chi connectivity index (χ0) is 24.2. The van der Waals surface area contributed by atoms with Gasteiger partial charge in [-0.25, -0.2) is 17.6 Å². The van der Waals surface area contributed by atoms with E-state index in [4.69, 9.17) is 0 Å². The van der Waals surface area contributed by atoms with Gasteiger partial charge in [-0.15, -0.1) is 22.7 Å². The first-order chi connectivity index (χ1) is 16.4. The summed E-state index contributed by atoms with van der Waals surface area (Å²) in [5.41, 5.74) is 0.261. The summed E-state index contributed by atoms with van der Waals surface area (Å²) in [5.74, 6) is 2.78. The number of aliphatic imine (C=N–C) groups is 1. The minimum absolute atomic E-state index is 0.0649. The van der Waals surface area contributed by atoms with Crippen molar-refractivity contribution in [1.82, 2.24) is 0 Å². The number of halogens is 4. The zero-order valence-corrected chi connectivity index (χ0v) is 20.2. The van der Waals surface area contributed by atoms with Crippen molar-refractivity contribution in [2.24, 2.45) is 4.99 Å². The molecule has 0 bridgehead atoms. The molecule has 2 heterocycles. The molecule has 0 unspecified atom stereocenters. The van der Waals surface area contributed by atoms with Crippen LogP contribution in [0.3, 0.4) is 0 Å². The van der Waals surface area contributed by atoms with Crippen LogP contribution in [0.2, 0.25) is 0 Å². The van der Waals surface area contributed by atoms with Gasteiger partial charge in [0.1, 0.15) is 17.3 Å². The lowest BCUT2D eigenvalue weighted by atomic mass is 10.1. The van der Waals surface area contributed by atoms with Gasteiger partial charge < -0.3 is 0 Å². The fourth-order valence-electron chi connectivity index (χ4n) is 3.32. The van der Waals surface area contributed by atoms with Gasteiger partial charge in [-0.1, -0.05) is 25.2 Å². The molecule has 8 heteroatoms. The van der Waals surface area contributed by atoms with E-state index in [1.807, 2.05) is 24.2 Å². The topological polar surface area (TPSA) is 12.4 Å². The van der Waals surface area contributed by atoms with Gasteiger partial charge in [0, 0.05) is 25.4 Å². The van der Waals surface area contributed by atoms with Crippen LogP contribution in [0, 0.1) is 35.1 Å². The van der Waals surface area contributed by atoms with E-state index in [0.29, 0.717) is 12.0 Å². The van der Waals surface area contributed by atoms with Crippen molar-refractivity contribution in [3.05, 3.63) is 86.1 Å². The maximum absolute atomic E-state index is 14.3. The average molecular weight is 514 g/mol. The van der Waals surface area contributed by atoms with Gasteiger partial charge in [0.25, 0.3) is 0 Å². The number of isothiocyanates is 1. The van der Waals surface area contributed by atoms with Gasteiger partial charge in [-0.2, -0.15) is 4.99 Å². The smallest absolute Gasteiger partial charge is 0.153 e. The third-order valence-electron chi connectivity index (χ3n) is 4.82. The summed E-state index contributed by atoms with van der Waals surface area (Å²) in [4.78, 5) is 4.94. The Labute approximate surface area is 207 Å². The molecule has 2 aromatic heterocycles. The number of nitrogens with zero attached hydrogens (tertiary/aromatic N) is 1. The van der Waals surface area contributed by atoms with Crippen molar-refractivity contribution in [1.29, 1.82) is 0 Å². The number of thiophene rings is 2. The number of benzene rings is 2. The van der Waals surface area contributed by atoms with E-state index in [0.717, 1.165) is 37.7 Å². The van der Waals surface area contributed by atoms with Crippen LogP contribution in [0.25, 0.3) is 21.6 Å². The minimum Gasteiger partial charge on any atom is -0.206 e. The van der Waals surface area contributed by atoms with Crippen LogP contribution in [0.15, 0.2) is 41.4 Å². The second-order valence-electron chi connectivity index (χ2n) is 7.29. The van der Waals surface area contributed by atoms with Crippen LogP contribution in [-0.2, 0) is 6.42 Å². The lowest BCUT2D eigenvalue weighted by Gasteiger charge is -2.04. The third-order valence-corrected chi connectivity index (χ3v) is 7.09. The molecule has 0 N–H and O–H groups in total. The van der Waals surface area contributed by atoms with Gasteiger partial charge in [0.2, 0.25) is 0 Å². The molecular weight excluding hydrogens is 498 g/mol. The summed E-state index contributed by atoms with van der Waals surface area (Å²) in [6.07, 6.45) is 4.56. The van der Waals surface area contributed by atoms with Crippen LogP contribution >= 0.6 is 34.9 Å². The van der Waals surface area contributed by atoms with Crippen molar-refractivity contribution in [3.8, 4) is 11.8 Å². The SMILES string of the molecule is CCCc1cc(F)c(/C=C/c2cc3sc(C#Cc4cc(F)c(N=C=S)c(F)c4)cc3s2)c(F)c1.